The number of carbonyl (C=O) groups excluding carboxylic acids is 3. The quantitative estimate of drug-likeness (QED) is 0.307. The number of carbonyl (C=O) groups is 3. The molecule has 2 aliphatic carbocycles. The number of rotatable bonds is 8. The largest absolute Gasteiger partial charge is 0.378 e. The van der Waals surface area contributed by atoms with Crippen LogP contribution in [-0.4, -0.2) is 65.9 Å². The molecule has 0 radical (unpaired) electrons. The Labute approximate surface area is 241 Å². The number of urea groups is 1. The summed E-state index contributed by atoms with van der Waals surface area (Å²) in [6.45, 7) is 4.12. The lowest BCUT2D eigenvalue weighted by Crippen LogP contribution is -2.30. The van der Waals surface area contributed by atoms with E-state index in [1.54, 1.807) is 12.3 Å². The second-order valence-corrected chi connectivity index (χ2v) is 11.3. The van der Waals surface area contributed by atoms with E-state index in [4.69, 9.17) is 4.98 Å². The van der Waals surface area contributed by atoms with Gasteiger partial charge < -0.3 is 15.0 Å². The number of nitrogens with zero attached hydrogens (tertiary/aromatic N) is 8. The Hall–Kier alpha value is -4.94. The van der Waals surface area contributed by atoms with Crippen molar-refractivity contribution in [2.75, 3.05) is 29.1 Å². The Morgan fingerprint density at radius 3 is 2.67 bits per heavy atom. The number of imide groups is 1. The number of hydrogen-bond acceptors (Lipinski definition) is 9. The molecule has 2 saturated carbocycles. The molecule has 0 spiro atoms. The minimum absolute atomic E-state index is 0.00441. The SMILES string of the molecule is Cc1ccnc([C@H]2C[C@@H]2C(=O)Nc2cc(NCc3cn4cc(C5CC5)cc(N5CC(=O)N(C)C5=O)c4n3)c(C)nn2)n1. The lowest BCUT2D eigenvalue weighted by atomic mass is 10.1. The first-order valence-corrected chi connectivity index (χ1v) is 14.0. The summed E-state index contributed by atoms with van der Waals surface area (Å²) in [7, 11) is 1.50. The number of likely N-dealkylation sites (N-methyl/N-ethyl adjacent to an activating group) is 1. The Balaban J connectivity index is 1.07. The highest BCUT2D eigenvalue weighted by Crippen LogP contribution is 2.46. The molecule has 3 fully saturated rings. The third-order valence-electron chi connectivity index (χ3n) is 8.09. The van der Waals surface area contributed by atoms with E-state index in [1.807, 2.05) is 36.6 Å². The monoisotopic (exact) mass is 566 g/mol. The summed E-state index contributed by atoms with van der Waals surface area (Å²) >= 11 is 0. The Kier molecular flexibility index (Phi) is 6.10. The normalized spacial score (nSPS) is 20.0. The van der Waals surface area contributed by atoms with Gasteiger partial charge in [0.15, 0.2) is 11.5 Å². The highest BCUT2D eigenvalue weighted by atomic mass is 16.2. The average molecular weight is 567 g/mol. The number of nitrogens with one attached hydrogen (secondary N) is 2. The molecule has 4 aromatic rings. The van der Waals surface area contributed by atoms with Crippen LogP contribution in [0, 0.1) is 19.8 Å². The summed E-state index contributed by atoms with van der Waals surface area (Å²) in [6, 6.07) is 5.23. The summed E-state index contributed by atoms with van der Waals surface area (Å²) < 4.78 is 1.93. The van der Waals surface area contributed by atoms with E-state index in [1.165, 1.54) is 11.9 Å². The molecule has 0 unspecified atom stereocenters. The molecule has 214 valence electrons. The molecule has 5 heterocycles. The zero-order valence-corrected chi connectivity index (χ0v) is 23.5. The van der Waals surface area contributed by atoms with Crippen LogP contribution in [-0.2, 0) is 16.1 Å². The molecular weight excluding hydrogens is 536 g/mol. The summed E-state index contributed by atoms with van der Waals surface area (Å²) in [6.07, 6.45) is 8.61. The minimum atomic E-state index is -0.352. The van der Waals surface area contributed by atoms with Crippen molar-refractivity contribution in [1.29, 1.82) is 0 Å². The molecule has 1 aliphatic heterocycles. The molecule has 7 rings (SSSR count). The second kappa shape index (κ2) is 9.86. The summed E-state index contributed by atoms with van der Waals surface area (Å²) in [4.78, 5) is 54.1. The summed E-state index contributed by atoms with van der Waals surface area (Å²) in [5.41, 5.74) is 5.39. The van der Waals surface area contributed by atoms with Crippen molar-refractivity contribution < 1.29 is 14.4 Å². The van der Waals surface area contributed by atoms with E-state index in [0.29, 0.717) is 53.2 Å². The first-order valence-electron chi connectivity index (χ1n) is 14.0. The first-order chi connectivity index (χ1) is 20.2. The zero-order chi connectivity index (χ0) is 29.1. The topological polar surface area (TPSA) is 151 Å². The van der Waals surface area contributed by atoms with Gasteiger partial charge in [-0.2, -0.15) is 5.10 Å². The van der Waals surface area contributed by atoms with Crippen molar-refractivity contribution in [1.82, 2.24) is 34.4 Å². The van der Waals surface area contributed by atoms with Crippen LogP contribution in [0.15, 0.2) is 36.8 Å². The highest BCUT2D eigenvalue weighted by Gasteiger charge is 2.46. The molecule has 3 aliphatic rings. The predicted molar refractivity (Wildman–Crippen MR) is 153 cm³/mol. The van der Waals surface area contributed by atoms with E-state index in [0.717, 1.165) is 34.7 Å². The van der Waals surface area contributed by atoms with Gasteiger partial charge in [0.25, 0.3) is 0 Å². The third kappa shape index (κ3) is 4.80. The van der Waals surface area contributed by atoms with Crippen molar-refractivity contribution in [3.8, 4) is 0 Å². The maximum Gasteiger partial charge on any atom is 0.331 e. The van der Waals surface area contributed by atoms with Gasteiger partial charge >= 0.3 is 6.03 Å². The third-order valence-corrected chi connectivity index (χ3v) is 8.09. The van der Waals surface area contributed by atoms with Gasteiger partial charge in [0, 0.05) is 49.2 Å². The van der Waals surface area contributed by atoms with Crippen LogP contribution < -0.4 is 15.5 Å². The number of aromatic nitrogens is 6. The van der Waals surface area contributed by atoms with Gasteiger partial charge in [-0.3, -0.25) is 19.4 Å². The molecule has 13 nitrogen and oxygen atoms in total. The maximum atomic E-state index is 12.9. The molecule has 42 heavy (non-hydrogen) atoms. The van der Waals surface area contributed by atoms with Crippen LogP contribution >= 0.6 is 0 Å². The van der Waals surface area contributed by atoms with Gasteiger partial charge in [-0.05, 0) is 56.7 Å². The van der Waals surface area contributed by atoms with Gasteiger partial charge in [-0.15, -0.1) is 5.10 Å². The Morgan fingerprint density at radius 2 is 1.93 bits per heavy atom. The molecule has 2 atom stereocenters. The van der Waals surface area contributed by atoms with Crippen LogP contribution in [0.2, 0.25) is 0 Å². The van der Waals surface area contributed by atoms with Crippen molar-refractivity contribution in [3.63, 3.8) is 0 Å². The highest BCUT2D eigenvalue weighted by molar-refractivity contribution is 6.13. The summed E-state index contributed by atoms with van der Waals surface area (Å²) in [5, 5.41) is 14.6. The van der Waals surface area contributed by atoms with E-state index >= 15 is 0 Å². The molecule has 0 aromatic carbocycles. The standard InChI is InChI=1S/C29H30N10O3/c1-15-6-7-30-26(32-15)20-9-21(20)28(41)34-24-10-22(16(2)35-36-24)31-11-19-13-38-12-18(17-4-5-17)8-23(27(38)33-19)39-14-25(40)37(3)29(39)42/h6-8,10,12-13,17,20-21H,4-5,9,11,14H2,1-3H3,(H2,31,34,36,41)/t20-,21-/m0/s1. The fourth-order valence-corrected chi connectivity index (χ4v) is 5.38. The van der Waals surface area contributed by atoms with E-state index in [9.17, 15) is 14.4 Å². The van der Waals surface area contributed by atoms with Gasteiger partial charge in [0.05, 0.1) is 29.3 Å². The van der Waals surface area contributed by atoms with E-state index < -0.39 is 0 Å². The van der Waals surface area contributed by atoms with Crippen LogP contribution in [0.3, 0.4) is 0 Å². The average Bonchev–Trinajstić information content (AvgIpc) is 3.90. The molecule has 1 saturated heterocycles. The number of aryl methyl sites for hydroxylation is 2. The smallest absolute Gasteiger partial charge is 0.331 e. The summed E-state index contributed by atoms with van der Waals surface area (Å²) in [5.74, 6) is 0.948. The zero-order valence-electron chi connectivity index (χ0n) is 23.5. The Morgan fingerprint density at radius 1 is 1.10 bits per heavy atom. The van der Waals surface area contributed by atoms with Crippen molar-refractivity contribution in [2.24, 2.45) is 5.92 Å². The molecule has 4 aromatic heterocycles. The predicted octanol–water partition coefficient (Wildman–Crippen LogP) is 3.16. The van der Waals surface area contributed by atoms with Gasteiger partial charge in [0.1, 0.15) is 12.4 Å². The van der Waals surface area contributed by atoms with Crippen molar-refractivity contribution >= 4 is 40.7 Å². The van der Waals surface area contributed by atoms with Crippen molar-refractivity contribution in [2.45, 2.75) is 51.5 Å². The molecule has 13 heteroatoms. The van der Waals surface area contributed by atoms with Gasteiger partial charge in [0.2, 0.25) is 11.8 Å². The van der Waals surface area contributed by atoms with Crippen LogP contribution in [0.4, 0.5) is 22.0 Å². The number of imidazole rings is 1. The van der Waals surface area contributed by atoms with Crippen LogP contribution in [0.1, 0.15) is 59.6 Å². The number of hydrogen-bond donors (Lipinski definition) is 2. The number of anilines is 3. The lowest BCUT2D eigenvalue weighted by molar-refractivity contribution is -0.124. The number of fused-ring (bicyclic) bond motifs is 1. The van der Waals surface area contributed by atoms with Crippen molar-refractivity contribution in [3.05, 3.63) is 65.3 Å². The second-order valence-electron chi connectivity index (χ2n) is 11.3. The van der Waals surface area contributed by atoms with Gasteiger partial charge in [-0.1, -0.05) is 0 Å². The Bertz CT molecular complexity index is 1760. The fourth-order valence-electron chi connectivity index (χ4n) is 5.38. The van der Waals surface area contributed by atoms with E-state index in [2.05, 4.69) is 37.0 Å². The van der Waals surface area contributed by atoms with E-state index in [-0.39, 0.29) is 36.2 Å². The lowest BCUT2D eigenvalue weighted by Gasteiger charge is -2.17. The van der Waals surface area contributed by atoms with Crippen LogP contribution in [0.25, 0.3) is 5.65 Å². The minimum Gasteiger partial charge on any atom is -0.378 e. The number of amides is 4. The first kappa shape index (κ1) is 26.0. The number of pyridine rings is 1. The molecule has 4 amide bonds. The molecule has 0 bridgehead atoms. The fraction of sp³-hybridized carbons (Fsp3) is 0.379. The maximum absolute atomic E-state index is 12.9. The van der Waals surface area contributed by atoms with Crippen LogP contribution in [0.5, 0.6) is 0 Å². The molecular formula is C29H30N10O3. The van der Waals surface area contributed by atoms with Gasteiger partial charge in [-0.25, -0.2) is 19.7 Å². The molecule has 2 N–H and O–H groups in total.